The first-order valence-electron chi connectivity index (χ1n) is 7.01. The van der Waals surface area contributed by atoms with Gasteiger partial charge in [-0.25, -0.2) is 4.79 Å². The number of carbonyl (C=O) groups is 1. The maximum absolute atomic E-state index is 11.8. The van der Waals surface area contributed by atoms with Crippen molar-refractivity contribution < 1.29 is 9.90 Å². The van der Waals surface area contributed by atoms with E-state index in [4.69, 9.17) is 0 Å². The van der Waals surface area contributed by atoms with Crippen LogP contribution in [0.5, 0.6) is 0 Å². The first kappa shape index (κ1) is 12.7. The molecule has 2 amide bonds. The predicted molar refractivity (Wildman–Crippen MR) is 66.8 cm³/mol. The predicted octanol–water partition coefficient (Wildman–Crippen LogP) is 1.92. The summed E-state index contributed by atoms with van der Waals surface area (Å²) in [5.74, 6) is 0. The van der Waals surface area contributed by atoms with Crippen LogP contribution in [0.4, 0.5) is 4.79 Å². The molecule has 0 aliphatic heterocycles. The number of nitrogens with one attached hydrogen (secondary N) is 2. The summed E-state index contributed by atoms with van der Waals surface area (Å²) in [4.78, 5) is 11.8. The molecule has 2 atom stereocenters. The Hall–Kier alpha value is -0.770. The Morgan fingerprint density at radius 2 is 1.53 bits per heavy atom. The van der Waals surface area contributed by atoms with Gasteiger partial charge in [0.1, 0.15) is 0 Å². The van der Waals surface area contributed by atoms with E-state index < -0.39 is 0 Å². The molecule has 0 radical (unpaired) electrons. The maximum atomic E-state index is 11.8. The topological polar surface area (TPSA) is 61.4 Å². The van der Waals surface area contributed by atoms with Crippen LogP contribution in [0.3, 0.4) is 0 Å². The van der Waals surface area contributed by atoms with E-state index in [9.17, 15) is 9.90 Å². The van der Waals surface area contributed by atoms with Crippen LogP contribution < -0.4 is 10.6 Å². The highest BCUT2D eigenvalue weighted by molar-refractivity contribution is 5.74. The molecular formula is C13H24N2O2. The van der Waals surface area contributed by atoms with E-state index >= 15 is 0 Å². The lowest BCUT2D eigenvalue weighted by Crippen LogP contribution is -2.51. The number of carbonyl (C=O) groups excluding carboxylic acids is 1. The highest BCUT2D eigenvalue weighted by Gasteiger charge is 2.25. The molecule has 0 heterocycles. The maximum Gasteiger partial charge on any atom is 0.315 e. The van der Waals surface area contributed by atoms with Gasteiger partial charge in [0.15, 0.2) is 0 Å². The van der Waals surface area contributed by atoms with E-state index in [0.717, 1.165) is 38.5 Å². The quantitative estimate of drug-likeness (QED) is 0.690. The Balaban J connectivity index is 1.72. The zero-order chi connectivity index (χ0) is 12.1. The molecule has 0 aromatic carbocycles. The van der Waals surface area contributed by atoms with Crippen molar-refractivity contribution in [2.45, 2.75) is 76.0 Å². The SMILES string of the molecule is O=C(NC1CCCCC1)N[C@@H]1CCCC[C@H]1O. The largest absolute Gasteiger partial charge is 0.391 e. The summed E-state index contributed by atoms with van der Waals surface area (Å²) in [7, 11) is 0. The van der Waals surface area contributed by atoms with Crippen molar-refractivity contribution in [3.63, 3.8) is 0 Å². The van der Waals surface area contributed by atoms with Crippen LogP contribution in [-0.2, 0) is 0 Å². The molecule has 3 N–H and O–H groups in total. The van der Waals surface area contributed by atoms with Crippen molar-refractivity contribution in [3.05, 3.63) is 0 Å². The summed E-state index contributed by atoms with van der Waals surface area (Å²) in [6.07, 6.45) is 9.46. The molecular weight excluding hydrogens is 216 g/mol. The van der Waals surface area contributed by atoms with Gasteiger partial charge in [-0.1, -0.05) is 32.1 Å². The van der Waals surface area contributed by atoms with E-state index in [-0.39, 0.29) is 18.2 Å². The molecule has 0 spiro atoms. The number of amides is 2. The number of rotatable bonds is 2. The minimum absolute atomic E-state index is 0.0488. The van der Waals surface area contributed by atoms with Crippen molar-refractivity contribution in [3.8, 4) is 0 Å². The smallest absolute Gasteiger partial charge is 0.315 e. The molecule has 0 bridgehead atoms. The molecule has 0 saturated heterocycles. The molecule has 4 heteroatoms. The van der Waals surface area contributed by atoms with Crippen LogP contribution in [0, 0.1) is 0 Å². The van der Waals surface area contributed by atoms with Crippen molar-refractivity contribution >= 4 is 6.03 Å². The Kier molecular flexibility index (Phi) is 4.66. The van der Waals surface area contributed by atoms with Gasteiger partial charge in [-0.15, -0.1) is 0 Å². The molecule has 17 heavy (non-hydrogen) atoms. The third-order valence-electron chi connectivity index (χ3n) is 3.99. The van der Waals surface area contributed by atoms with Gasteiger partial charge in [0.05, 0.1) is 12.1 Å². The summed E-state index contributed by atoms with van der Waals surface area (Å²) in [6, 6.07) is 0.194. The summed E-state index contributed by atoms with van der Waals surface area (Å²) >= 11 is 0. The monoisotopic (exact) mass is 240 g/mol. The molecule has 2 fully saturated rings. The molecule has 2 saturated carbocycles. The third kappa shape index (κ3) is 3.87. The minimum atomic E-state index is -0.360. The van der Waals surface area contributed by atoms with Gasteiger partial charge in [0.2, 0.25) is 0 Å². The number of urea groups is 1. The Morgan fingerprint density at radius 1 is 0.882 bits per heavy atom. The van der Waals surface area contributed by atoms with Crippen LogP contribution in [0.1, 0.15) is 57.8 Å². The lowest BCUT2D eigenvalue weighted by molar-refractivity contribution is 0.0938. The lowest BCUT2D eigenvalue weighted by Gasteiger charge is -2.30. The standard InChI is InChI=1S/C13H24N2O2/c16-12-9-5-4-8-11(12)15-13(17)14-10-6-2-1-3-7-10/h10-12,16H,1-9H2,(H2,14,15,17)/t11-,12-/m1/s1. The van der Waals surface area contributed by atoms with Gasteiger partial charge in [0, 0.05) is 6.04 Å². The fourth-order valence-electron chi connectivity index (χ4n) is 2.92. The summed E-state index contributed by atoms with van der Waals surface area (Å²) in [5.41, 5.74) is 0. The van der Waals surface area contributed by atoms with Crippen LogP contribution in [0.15, 0.2) is 0 Å². The summed E-state index contributed by atoms with van der Waals surface area (Å²) < 4.78 is 0. The van der Waals surface area contributed by atoms with E-state index in [2.05, 4.69) is 10.6 Å². The average molecular weight is 240 g/mol. The third-order valence-corrected chi connectivity index (χ3v) is 3.99. The molecule has 0 unspecified atom stereocenters. The fraction of sp³-hybridized carbons (Fsp3) is 0.923. The normalized spacial score (nSPS) is 30.9. The van der Waals surface area contributed by atoms with Crippen LogP contribution in [-0.4, -0.2) is 29.3 Å². The van der Waals surface area contributed by atoms with E-state index in [1.54, 1.807) is 0 Å². The summed E-state index contributed by atoms with van der Waals surface area (Å²) in [5, 5.41) is 15.7. The van der Waals surface area contributed by atoms with E-state index in [1.807, 2.05) is 0 Å². The molecule has 4 nitrogen and oxygen atoms in total. The molecule has 98 valence electrons. The van der Waals surface area contributed by atoms with Crippen molar-refractivity contribution in [1.29, 1.82) is 0 Å². The van der Waals surface area contributed by atoms with Gasteiger partial charge in [-0.3, -0.25) is 0 Å². The fourth-order valence-corrected chi connectivity index (χ4v) is 2.92. The highest BCUT2D eigenvalue weighted by Crippen LogP contribution is 2.19. The Labute approximate surface area is 103 Å². The lowest BCUT2D eigenvalue weighted by atomic mass is 9.92. The number of hydrogen-bond donors (Lipinski definition) is 3. The van der Waals surface area contributed by atoms with Gasteiger partial charge < -0.3 is 15.7 Å². The van der Waals surface area contributed by atoms with Gasteiger partial charge in [-0.2, -0.15) is 0 Å². The Bertz CT molecular complexity index is 252. The number of aliphatic hydroxyl groups excluding tert-OH is 1. The van der Waals surface area contributed by atoms with Gasteiger partial charge in [0.25, 0.3) is 0 Å². The second-order valence-corrected chi connectivity index (χ2v) is 5.41. The molecule has 2 aliphatic carbocycles. The van der Waals surface area contributed by atoms with Gasteiger partial charge in [-0.05, 0) is 25.7 Å². The molecule has 0 aromatic rings. The van der Waals surface area contributed by atoms with E-state index in [0.29, 0.717) is 6.04 Å². The average Bonchev–Trinajstić information content (AvgIpc) is 2.33. The first-order chi connectivity index (χ1) is 8.25. The molecule has 0 aromatic heterocycles. The number of aliphatic hydroxyl groups is 1. The minimum Gasteiger partial charge on any atom is -0.391 e. The second kappa shape index (κ2) is 6.24. The molecule has 2 aliphatic rings. The zero-order valence-corrected chi connectivity index (χ0v) is 10.5. The second-order valence-electron chi connectivity index (χ2n) is 5.41. The molecule has 2 rings (SSSR count). The van der Waals surface area contributed by atoms with Crippen molar-refractivity contribution in [2.75, 3.05) is 0 Å². The van der Waals surface area contributed by atoms with E-state index in [1.165, 1.54) is 19.3 Å². The van der Waals surface area contributed by atoms with Crippen molar-refractivity contribution in [2.24, 2.45) is 0 Å². The number of hydrogen-bond acceptors (Lipinski definition) is 2. The zero-order valence-electron chi connectivity index (χ0n) is 10.5. The first-order valence-corrected chi connectivity index (χ1v) is 7.01. The van der Waals surface area contributed by atoms with Gasteiger partial charge >= 0.3 is 6.03 Å². The highest BCUT2D eigenvalue weighted by atomic mass is 16.3. The van der Waals surface area contributed by atoms with Crippen LogP contribution >= 0.6 is 0 Å². The van der Waals surface area contributed by atoms with Crippen LogP contribution in [0.25, 0.3) is 0 Å². The van der Waals surface area contributed by atoms with Crippen LogP contribution in [0.2, 0.25) is 0 Å². The van der Waals surface area contributed by atoms with Crippen molar-refractivity contribution in [1.82, 2.24) is 10.6 Å². The summed E-state index contributed by atoms with van der Waals surface area (Å²) in [6.45, 7) is 0. The Morgan fingerprint density at radius 3 is 2.24 bits per heavy atom.